The number of halogens is 2. The van der Waals surface area contributed by atoms with Gasteiger partial charge in [-0.25, -0.2) is 4.39 Å². The van der Waals surface area contributed by atoms with E-state index in [9.17, 15) is 4.39 Å². The molecule has 1 aromatic carbocycles. The first kappa shape index (κ1) is 14.4. The number of rotatable bonds is 4. The largest absolute Gasteiger partial charge is 0.334 e. The minimum Gasteiger partial charge on any atom is -0.334 e. The highest BCUT2D eigenvalue weighted by molar-refractivity contribution is 6.30. The molecule has 2 aromatic rings. The fourth-order valence-corrected chi connectivity index (χ4v) is 2.65. The number of hydrogen-bond acceptors (Lipinski definition) is 5. The molecule has 112 valence electrons. The second-order valence-corrected chi connectivity index (χ2v) is 5.63. The van der Waals surface area contributed by atoms with Crippen LogP contribution in [-0.4, -0.2) is 34.7 Å². The molecular formula is C14H16ClFN4O. The fourth-order valence-electron chi connectivity index (χ4n) is 2.48. The Kier molecular flexibility index (Phi) is 4.19. The monoisotopic (exact) mass is 310 g/mol. The minimum atomic E-state index is -0.456. The van der Waals surface area contributed by atoms with Gasteiger partial charge in [-0.1, -0.05) is 16.8 Å². The van der Waals surface area contributed by atoms with Gasteiger partial charge in [-0.3, -0.25) is 0 Å². The van der Waals surface area contributed by atoms with E-state index in [4.69, 9.17) is 21.9 Å². The number of nitrogens with two attached hydrogens (primary N) is 1. The molecule has 0 bridgehead atoms. The number of likely N-dealkylation sites (tertiary alicyclic amines) is 1. The molecule has 0 radical (unpaired) electrons. The second kappa shape index (κ2) is 6.09. The first-order valence-electron chi connectivity index (χ1n) is 6.90. The van der Waals surface area contributed by atoms with Crippen LogP contribution in [0.3, 0.4) is 0 Å². The number of aromatic nitrogens is 2. The van der Waals surface area contributed by atoms with Crippen LogP contribution in [0, 0.1) is 5.82 Å². The van der Waals surface area contributed by atoms with Gasteiger partial charge in [0.15, 0.2) is 5.82 Å². The molecule has 2 N–H and O–H groups in total. The summed E-state index contributed by atoms with van der Waals surface area (Å²) in [4.78, 5) is 6.46. The lowest BCUT2D eigenvalue weighted by Gasteiger charge is -2.17. The lowest BCUT2D eigenvalue weighted by molar-refractivity contribution is 0.306. The van der Waals surface area contributed by atoms with Crippen molar-refractivity contribution in [1.82, 2.24) is 15.0 Å². The highest BCUT2D eigenvalue weighted by Gasteiger charge is 2.21. The van der Waals surface area contributed by atoms with E-state index >= 15 is 0 Å². The summed E-state index contributed by atoms with van der Waals surface area (Å²) < 4.78 is 18.9. The topological polar surface area (TPSA) is 68.2 Å². The third-order valence-electron chi connectivity index (χ3n) is 3.59. The second-order valence-electron chi connectivity index (χ2n) is 5.20. The minimum absolute atomic E-state index is 0.0990. The molecule has 1 unspecified atom stereocenters. The van der Waals surface area contributed by atoms with Crippen molar-refractivity contribution in [3.8, 4) is 11.5 Å². The molecular weight excluding hydrogens is 295 g/mol. The van der Waals surface area contributed by atoms with E-state index in [1.165, 1.54) is 31.0 Å². The lowest BCUT2D eigenvalue weighted by Crippen LogP contribution is -2.30. The van der Waals surface area contributed by atoms with E-state index in [0.29, 0.717) is 17.4 Å². The smallest absolute Gasteiger partial charge is 0.261 e. The Balaban J connectivity index is 1.77. The molecule has 3 rings (SSSR count). The maximum Gasteiger partial charge on any atom is 0.261 e. The fraction of sp³-hybridized carbons (Fsp3) is 0.429. The first-order chi connectivity index (χ1) is 10.1. The van der Waals surface area contributed by atoms with E-state index in [1.54, 1.807) is 0 Å². The van der Waals surface area contributed by atoms with Gasteiger partial charge in [-0.05, 0) is 44.1 Å². The zero-order valence-corrected chi connectivity index (χ0v) is 12.2. The summed E-state index contributed by atoms with van der Waals surface area (Å²) in [7, 11) is 0. The van der Waals surface area contributed by atoms with Crippen LogP contribution in [0.5, 0.6) is 0 Å². The highest BCUT2D eigenvalue weighted by Crippen LogP contribution is 2.25. The van der Waals surface area contributed by atoms with Crippen molar-refractivity contribution in [3.05, 3.63) is 34.9 Å². The van der Waals surface area contributed by atoms with Gasteiger partial charge in [-0.15, -0.1) is 0 Å². The van der Waals surface area contributed by atoms with Gasteiger partial charge < -0.3 is 15.2 Å². The summed E-state index contributed by atoms with van der Waals surface area (Å²) in [6, 6.07) is 3.85. The van der Waals surface area contributed by atoms with Crippen molar-refractivity contribution < 1.29 is 8.91 Å². The number of benzene rings is 1. The van der Waals surface area contributed by atoms with Crippen LogP contribution >= 0.6 is 11.6 Å². The highest BCUT2D eigenvalue weighted by atomic mass is 35.5. The molecule has 1 aliphatic heterocycles. The first-order valence-corrected chi connectivity index (χ1v) is 7.28. The maximum atomic E-state index is 13.8. The average Bonchev–Trinajstić information content (AvgIpc) is 3.12. The van der Waals surface area contributed by atoms with Gasteiger partial charge in [-0.2, -0.15) is 4.98 Å². The maximum absolute atomic E-state index is 13.8. The van der Waals surface area contributed by atoms with Crippen molar-refractivity contribution in [2.45, 2.75) is 18.9 Å². The van der Waals surface area contributed by atoms with Crippen LogP contribution in [0.4, 0.5) is 4.39 Å². The van der Waals surface area contributed by atoms with Gasteiger partial charge in [0.05, 0.1) is 11.6 Å². The molecule has 2 heterocycles. The Morgan fingerprint density at radius 2 is 2.14 bits per heavy atom. The zero-order chi connectivity index (χ0) is 14.8. The molecule has 7 heteroatoms. The van der Waals surface area contributed by atoms with Crippen LogP contribution in [0.25, 0.3) is 11.5 Å². The van der Waals surface area contributed by atoms with Crippen LogP contribution in [0.1, 0.15) is 24.7 Å². The van der Waals surface area contributed by atoms with Gasteiger partial charge in [0.1, 0.15) is 5.82 Å². The lowest BCUT2D eigenvalue weighted by atomic mass is 10.2. The van der Waals surface area contributed by atoms with Gasteiger partial charge >= 0.3 is 0 Å². The Morgan fingerprint density at radius 3 is 2.90 bits per heavy atom. The van der Waals surface area contributed by atoms with Crippen molar-refractivity contribution in [2.24, 2.45) is 5.73 Å². The van der Waals surface area contributed by atoms with E-state index in [2.05, 4.69) is 15.0 Å². The van der Waals surface area contributed by atoms with Crippen LogP contribution in [0.2, 0.25) is 5.02 Å². The molecule has 1 aliphatic rings. The van der Waals surface area contributed by atoms with Gasteiger partial charge in [0.2, 0.25) is 0 Å². The summed E-state index contributed by atoms with van der Waals surface area (Å²) >= 11 is 5.86. The predicted octanol–water partition coefficient (Wildman–Crippen LogP) is 2.62. The van der Waals surface area contributed by atoms with Crippen molar-refractivity contribution in [1.29, 1.82) is 0 Å². The molecule has 1 saturated heterocycles. The summed E-state index contributed by atoms with van der Waals surface area (Å²) in [5.41, 5.74) is 6.28. The normalized spacial score (nSPS) is 17.3. The van der Waals surface area contributed by atoms with E-state index < -0.39 is 5.82 Å². The molecule has 1 fully saturated rings. The van der Waals surface area contributed by atoms with Crippen LogP contribution in [-0.2, 0) is 0 Å². The van der Waals surface area contributed by atoms with Crippen molar-refractivity contribution in [2.75, 3.05) is 19.6 Å². The number of nitrogens with zero attached hydrogens (tertiary/aromatic N) is 3. The van der Waals surface area contributed by atoms with Gasteiger partial charge in [0, 0.05) is 11.6 Å². The van der Waals surface area contributed by atoms with Gasteiger partial charge in [0.25, 0.3) is 5.89 Å². The van der Waals surface area contributed by atoms with E-state index in [-0.39, 0.29) is 17.5 Å². The molecule has 0 aliphatic carbocycles. The summed E-state index contributed by atoms with van der Waals surface area (Å²) in [5.74, 6) is 0.0286. The van der Waals surface area contributed by atoms with Crippen molar-refractivity contribution >= 4 is 11.6 Å². The Bertz CT molecular complexity index is 627. The van der Waals surface area contributed by atoms with E-state index in [0.717, 1.165) is 13.1 Å². The third-order valence-corrected chi connectivity index (χ3v) is 3.82. The van der Waals surface area contributed by atoms with Crippen molar-refractivity contribution in [3.63, 3.8) is 0 Å². The summed E-state index contributed by atoms with van der Waals surface area (Å²) in [5, 5.41) is 4.27. The zero-order valence-electron chi connectivity index (χ0n) is 11.4. The Morgan fingerprint density at radius 1 is 1.38 bits per heavy atom. The quantitative estimate of drug-likeness (QED) is 0.940. The Hall–Kier alpha value is -1.50. The number of hydrogen-bond donors (Lipinski definition) is 1. The SMILES string of the molecule is NC(CN1CCCC1)c1noc(-c2cc(Cl)ccc2F)n1. The summed E-state index contributed by atoms with van der Waals surface area (Å²) in [6.45, 7) is 2.76. The standard InChI is InChI=1S/C14H16ClFN4O/c15-9-3-4-11(16)10(7-9)14-18-13(19-21-14)12(17)8-20-5-1-2-6-20/h3-4,7,12H,1-2,5-6,8,17H2. The van der Waals surface area contributed by atoms with E-state index in [1.807, 2.05) is 0 Å². The molecule has 1 aromatic heterocycles. The third kappa shape index (κ3) is 3.23. The average molecular weight is 311 g/mol. The molecule has 5 nitrogen and oxygen atoms in total. The van der Waals surface area contributed by atoms with Crippen LogP contribution in [0.15, 0.2) is 22.7 Å². The molecule has 0 spiro atoms. The molecule has 1 atom stereocenters. The van der Waals surface area contributed by atoms with Crippen LogP contribution < -0.4 is 5.73 Å². The Labute approximate surface area is 126 Å². The predicted molar refractivity (Wildman–Crippen MR) is 77.3 cm³/mol. The summed E-state index contributed by atoms with van der Waals surface area (Å²) in [6.07, 6.45) is 2.38. The molecule has 0 saturated carbocycles. The molecule has 21 heavy (non-hydrogen) atoms. The molecule has 0 amide bonds.